The van der Waals surface area contributed by atoms with E-state index in [0.717, 1.165) is 18.1 Å². The predicted molar refractivity (Wildman–Crippen MR) is 64.4 cm³/mol. The van der Waals surface area contributed by atoms with Crippen molar-refractivity contribution in [2.75, 3.05) is 17.6 Å². The fraction of sp³-hybridized carbons (Fsp3) is 0.273. The maximum Gasteiger partial charge on any atom is 0.433 e. The summed E-state index contributed by atoms with van der Waals surface area (Å²) in [6.07, 6.45) is 0.356. The van der Waals surface area contributed by atoms with E-state index < -0.39 is 11.9 Å². The van der Waals surface area contributed by atoms with E-state index in [1.165, 1.54) is 0 Å². The number of aromatic amines is 1. The minimum absolute atomic E-state index is 0.174. The molecule has 2 rings (SSSR count). The number of nitrogens with two attached hydrogens (primary N) is 1. The van der Waals surface area contributed by atoms with Crippen LogP contribution in [-0.4, -0.2) is 21.5 Å². The van der Waals surface area contributed by atoms with Gasteiger partial charge in [-0.2, -0.15) is 13.2 Å². The van der Waals surface area contributed by atoms with Crippen LogP contribution in [0.3, 0.4) is 0 Å². The molecule has 0 atom stereocenters. The molecule has 0 fully saturated rings. The van der Waals surface area contributed by atoms with Crippen LogP contribution in [0.25, 0.3) is 0 Å². The van der Waals surface area contributed by atoms with E-state index in [0.29, 0.717) is 13.0 Å². The number of hydrogen-bond donors (Lipinski definition) is 3. The van der Waals surface area contributed by atoms with Gasteiger partial charge in [0.1, 0.15) is 11.5 Å². The van der Waals surface area contributed by atoms with E-state index in [2.05, 4.69) is 20.3 Å². The monoisotopic (exact) mass is 271 g/mol. The number of nitrogens with one attached hydrogen (secondary N) is 2. The molecule has 0 aliphatic heterocycles. The molecule has 2 aromatic heterocycles. The van der Waals surface area contributed by atoms with Crippen molar-refractivity contribution in [1.29, 1.82) is 0 Å². The number of halogens is 3. The van der Waals surface area contributed by atoms with Gasteiger partial charge in [-0.1, -0.05) is 0 Å². The summed E-state index contributed by atoms with van der Waals surface area (Å²) in [4.78, 5) is 10.2. The Bertz CT molecular complexity index is 536. The number of alkyl halides is 3. The first kappa shape index (κ1) is 13.2. The standard InChI is InChI=1S/C11H12F3N5/c12-11(13,14)9-5-8(7(15)6-19-9)16-2-1-10-17-3-4-18-10/h3-6H,1-2,15H2,(H,16,19)(H,17,18). The Balaban J connectivity index is 2.03. The molecular weight excluding hydrogens is 259 g/mol. The molecule has 0 spiro atoms. The lowest BCUT2D eigenvalue weighted by Crippen LogP contribution is -2.12. The molecule has 0 aliphatic carbocycles. The summed E-state index contributed by atoms with van der Waals surface area (Å²) in [5, 5.41) is 2.84. The number of nitrogens with zero attached hydrogens (tertiary/aromatic N) is 2. The molecule has 5 nitrogen and oxygen atoms in total. The number of pyridine rings is 1. The molecule has 19 heavy (non-hydrogen) atoms. The minimum atomic E-state index is -4.48. The quantitative estimate of drug-likeness (QED) is 0.795. The number of hydrogen-bond acceptors (Lipinski definition) is 4. The van der Waals surface area contributed by atoms with Crippen molar-refractivity contribution in [2.45, 2.75) is 12.6 Å². The van der Waals surface area contributed by atoms with Gasteiger partial charge in [-0.3, -0.25) is 0 Å². The van der Waals surface area contributed by atoms with Gasteiger partial charge in [0.05, 0.1) is 17.6 Å². The fourth-order valence-corrected chi connectivity index (χ4v) is 1.52. The average molecular weight is 271 g/mol. The number of H-pyrrole nitrogens is 1. The van der Waals surface area contributed by atoms with E-state index in [1.807, 2.05) is 0 Å². The Morgan fingerprint density at radius 1 is 1.32 bits per heavy atom. The highest BCUT2D eigenvalue weighted by Gasteiger charge is 2.32. The fourth-order valence-electron chi connectivity index (χ4n) is 1.52. The smallest absolute Gasteiger partial charge is 0.396 e. The summed E-state index contributed by atoms with van der Waals surface area (Å²) in [6.45, 7) is 0.416. The Kier molecular flexibility index (Phi) is 3.59. The van der Waals surface area contributed by atoms with Gasteiger partial charge in [-0.15, -0.1) is 0 Å². The number of imidazole rings is 1. The summed E-state index contributed by atoms with van der Waals surface area (Å²) in [5.74, 6) is 0.746. The summed E-state index contributed by atoms with van der Waals surface area (Å²) >= 11 is 0. The molecule has 0 amide bonds. The van der Waals surface area contributed by atoms with Crippen molar-refractivity contribution in [3.8, 4) is 0 Å². The zero-order chi connectivity index (χ0) is 13.9. The zero-order valence-corrected chi connectivity index (χ0v) is 9.83. The van der Waals surface area contributed by atoms with E-state index in [9.17, 15) is 13.2 Å². The van der Waals surface area contributed by atoms with Crippen molar-refractivity contribution < 1.29 is 13.2 Å². The van der Waals surface area contributed by atoms with Crippen LogP contribution in [0.1, 0.15) is 11.5 Å². The summed E-state index contributed by atoms with van der Waals surface area (Å²) in [5.41, 5.74) is 5.00. The van der Waals surface area contributed by atoms with Crippen LogP contribution in [0.5, 0.6) is 0 Å². The third kappa shape index (κ3) is 3.36. The molecule has 0 radical (unpaired) electrons. The molecule has 2 aromatic rings. The van der Waals surface area contributed by atoms with Crippen molar-refractivity contribution in [3.05, 3.63) is 36.2 Å². The van der Waals surface area contributed by atoms with Crippen LogP contribution in [0, 0.1) is 0 Å². The highest BCUT2D eigenvalue weighted by atomic mass is 19.4. The highest BCUT2D eigenvalue weighted by Crippen LogP contribution is 2.30. The van der Waals surface area contributed by atoms with Gasteiger partial charge in [-0.05, 0) is 6.07 Å². The normalized spacial score (nSPS) is 11.5. The van der Waals surface area contributed by atoms with Crippen LogP contribution in [-0.2, 0) is 12.6 Å². The number of anilines is 2. The maximum atomic E-state index is 12.5. The lowest BCUT2D eigenvalue weighted by molar-refractivity contribution is -0.141. The first-order chi connectivity index (χ1) is 8.97. The third-order valence-corrected chi connectivity index (χ3v) is 2.46. The lowest BCUT2D eigenvalue weighted by atomic mass is 10.2. The van der Waals surface area contributed by atoms with E-state index in [-0.39, 0.29) is 11.4 Å². The van der Waals surface area contributed by atoms with E-state index in [4.69, 9.17) is 5.73 Å². The van der Waals surface area contributed by atoms with Crippen molar-refractivity contribution in [1.82, 2.24) is 15.0 Å². The molecule has 0 unspecified atom stereocenters. The summed E-state index contributed by atoms with van der Waals surface area (Å²) < 4.78 is 37.5. The first-order valence-electron chi connectivity index (χ1n) is 5.51. The predicted octanol–water partition coefficient (Wildman–Crippen LogP) is 2.06. The van der Waals surface area contributed by atoms with Crippen molar-refractivity contribution >= 4 is 11.4 Å². The Morgan fingerprint density at radius 2 is 2.11 bits per heavy atom. The molecule has 4 N–H and O–H groups in total. The van der Waals surface area contributed by atoms with Gasteiger partial charge in [0.2, 0.25) is 0 Å². The van der Waals surface area contributed by atoms with Crippen LogP contribution in [0.15, 0.2) is 24.7 Å². The van der Waals surface area contributed by atoms with Gasteiger partial charge in [0, 0.05) is 25.4 Å². The first-order valence-corrected chi connectivity index (χ1v) is 5.51. The van der Waals surface area contributed by atoms with Crippen molar-refractivity contribution in [2.24, 2.45) is 0 Å². The van der Waals surface area contributed by atoms with Crippen molar-refractivity contribution in [3.63, 3.8) is 0 Å². The zero-order valence-electron chi connectivity index (χ0n) is 9.83. The van der Waals surface area contributed by atoms with E-state index >= 15 is 0 Å². The molecular formula is C11H12F3N5. The molecule has 102 valence electrons. The summed E-state index contributed by atoms with van der Waals surface area (Å²) in [7, 11) is 0. The molecule has 8 heteroatoms. The Labute approximate surface area is 107 Å². The van der Waals surface area contributed by atoms with Gasteiger partial charge < -0.3 is 16.0 Å². The minimum Gasteiger partial charge on any atom is -0.396 e. The largest absolute Gasteiger partial charge is 0.433 e. The second-order valence-electron chi connectivity index (χ2n) is 3.87. The van der Waals surface area contributed by atoms with Gasteiger partial charge in [0.15, 0.2) is 0 Å². The highest BCUT2D eigenvalue weighted by molar-refractivity contribution is 5.65. The SMILES string of the molecule is Nc1cnc(C(F)(F)F)cc1NCCc1ncc[nH]1. The lowest BCUT2D eigenvalue weighted by Gasteiger charge is -2.11. The van der Waals surface area contributed by atoms with Crippen LogP contribution < -0.4 is 11.1 Å². The molecule has 0 aliphatic rings. The number of aromatic nitrogens is 3. The van der Waals surface area contributed by atoms with Crippen LogP contribution >= 0.6 is 0 Å². The van der Waals surface area contributed by atoms with E-state index in [1.54, 1.807) is 12.4 Å². The Morgan fingerprint density at radius 3 is 2.74 bits per heavy atom. The topological polar surface area (TPSA) is 79.6 Å². The second-order valence-corrected chi connectivity index (χ2v) is 3.87. The van der Waals surface area contributed by atoms with Gasteiger partial charge >= 0.3 is 6.18 Å². The summed E-state index contributed by atoms with van der Waals surface area (Å²) in [6, 6.07) is 0.900. The average Bonchev–Trinajstić information content (AvgIpc) is 2.83. The Hall–Kier alpha value is -2.25. The molecule has 0 saturated heterocycles. The molecule has 0 bridgehead atoms. The van der Waals surface area contributed by atoms with Gasteiger partial charge in [0.25, 0.3) is 0 Å². The van der Waals surface area contributed by atoms with Crippen LogP contribution in [0.4, 0.5) is 24.5 Å². The number of nitrogen functional groups attached to an aromatic ring is 1. The third-order valence-electron chi connectivity index (χ3n) is 2.46. The number of rotatable bonds is 4. The molecule has 2 heterocycles. The van der Waals surface area contributed by atoms with Gasteiger partial charge in [-0.25, -0.2) is 9.97 Å². The molecule has 0 saturated carbocycles. The molecule has 0 aromatic carbocycles. The maximum absolute atomic E-state index is 12.5. The van der Waals surface area contributed by atoms with Crippen LogP contribution in [0.2, 0.25) is 0 Å². The second kappa shape index (κ2) is 5.17.